The fourth-order valence-corrected chi connectivity index (χ4v) is 1.20. The van der Waals surface area contributed by atoms with Crippen molar-refractivity contribution in [2.24, 2.45) is 5.41 Å². The predicted molar refractivity (Wildman–Crippen MR) is 61.1 cm³/mol. The number of hydrogen-bond donors (Lipinski definition) is 3. The van der Waals surface area contributed by atoms with Gasteiger partial charge in [-0.3, -0.25) is 14.7 Å². The van der Waals surface area contributed by atoms with Gasteiger partial charge in [-0.25, -0.2) is 0 Å². The number of aromatic nitrogens is 2. The molecule has 0 aromatic carbocycles. The zero-order valence-corrected chi connectivity index (χ0v) is 10.0. The summed E-state index contributed by atoms with van der Waals surface area (Å²) >= 11 is 0. The fraction of sp³-hybridized carbons (Fsp3) is 0.500. The topological polar surface area (TPSA) is 110 Å². The number of nitrogens with zero attached hydrogens (tertiary/aromatic N) is 1. The Bertz CT molecular complexity index is 425. The van der Waals surface area contributed by atoms with Crippen LogP contribution in [0.15, 0.2) is 6.07 Å². The fourth-order valence-electron chi connectivity index (χ4n) is 1.20. The van der Waals surface area contributed by atoms with Gasteiger partial charge in [-0.15, -0.1) is 0 Å². The summed E-state index contributed by atoms with van der Waals surface area (Å²) in [5, 5.41) is 8.72. The molecule has 0 aliphatic heterocycles. The summed E-state index contributed by atoms with van der Waals surface area (Å²) in [6.07, 6.45) is 0. The SMILES string of the molecule is COC(=O)C(C)(C)CNC(=O)c1cc(N)n[nH]1. The van der Waals surface area contributed by atoms with Gasteiger partial charge in [0.1, 0.15) is 11.5 Å². The van der Waals surface area contributed by atoms with E-state index in [2.05, 4.69) is 20.3 Å². The molecule has 0 atom stereocenters. The predicted octanol–water partition coefficient (Wildman–Crippen LogP) is -0.0791. The van der Waals surface area contributed by atoms with Crippen LogP contribution in [-0.4, -0.2) is 35.7 Å². The number of hydrogen-bond acceptors (Lipinski definition) is 5. The number of carbonyl (C=O) groups is 2. The maximum Gasteiger partial charge on any atom is 0.313 e. The zero-order chi connectivity index (χ0) is 13.1. The molecular formula is C10H16N4O3. The van der Waals surface area contributed by atoms with E-state index in [4.69, 9.17) is 5.73 Å². The molecule has 4 N–H and O–H groups in total. The van der Waals surface area contributed by atoms with Crippen molar-refractivity contribution in [3.05, 3.63) is 11.8 Å². The summed E-state index contributed by atoms with van der Waals surface area (Å²) in [4.78, 5) is 23.0. The Morgan fingerprint density at radius 3 is 2.71 bits per heavy atom. The van der Waals surface area contributed by atoms with Crippen molar-refractivity contribution in [2.75, 3.05) is 19.4 Å². The average molecular weight is 240 g/mol. The average Bonchev–Trinajstić information content (AvgIpc) is 2.71. The van der Waals surface area contributed by atoms with Gasteiger partial charge in [-0.2, -0.15) is 5.10 Å². The van der Waals surface area contributed by atoms with Crippen LogP contribution in [-0.2, 0) is 9.53 Å². The van der Waals surface area contributed by atoms with E-state index < -0.39 is 5.41 Å². The van der Waals surface area contributed by atoms with Gasteiger partial charge in [0.2, 0.25) is 0 Å². The molecule has 17 heavy (non-hydrogen) atoms. The van der Waals surface area contributed by atoms with Gasteiger partial charge in [0.15, 0.2) is 0 Å². The Morgan fingerprint density at radius 2 is 2.24 bits per heavy atom. The number of nitrogen functional groups attached to an aromatic ring is 1. The first-order valence-electron chi connectivity index (χ1n) is 5.04. The Kier molecular flexibility index (Phi) is 3.72. The van der Waals surface area contributed by atoms with Gasteiger partial charge in [-0.05, 0) is 13.8 Å². The molecule has 0 aliphatic carbocycles. The minimum atomic E-state index is -0.782. The molecule has 0 saturated heterocycles. The van der Waals surface area contributed by atoms with Crippen molar-refractivity contribution in [1.29, 1.82) is 0 Å². The van der Waals surface area contributed by atoms with Crippen molar-refractivity contribution in [3.63, 3.8) is 0 Å². The molecule has 7 heteroatoms. The first-order chi connectivity index (χ1) is 7.86. The van der Waals surface area contributed by atoms with Crippen molar-refractivity contribution in [1.82, 2.24) is 15.5 Å². The summed E-state index contributed by atoms with van der Waals surface area (Å²) in [5.74, 6) is -0.518. The van der Waals surface area contributed by atoms with Crippen LogP contribution < -0.4 is 11.1 Å². The van der Waals surface area contributed by atoms with Crippen molar-refractivity contribution in [3.8, 4) is 0 Å². The lowest BCUT2D eigenvalue weighted by atomic mass is 9.94. The summed E-state index contributed by atoms with van der Waals surface area (Å²) in [6.45, 7) is 3.53. The molecule has 1 aromatic heterocycles. The van der Waals surface area contributed by atoms with Crippen molar-refractivity contribution in [2.45, 2.75) is 13.8 Å². The van der Waals surface area contributed by atoms with E-state index in [1.54, 1.807) is 13.8 Å². The number of ether oxygens (including phenoxy) is 1. The number of anilines is 1. The van der Waals surface area contributed by atoms with Crippen LogP contribution in [0.2, 0.25) is 0 Å². The van der Waals surface area contributed by atoms with Crippen LogP contribution in [0.4, 0.5) is 5.82 Å². The maximum absolute atomic E-state index is 11.6. The largest absolute Gasteiger partial charge is 0.469 e. The highest BCUT2D eigenvalue weighted by Crippen LogP contribution is 2.15. The van der Waals surface area contributed by atoms with E-state index >= 15 is 0 Å². The molecule has 0 bridgehead atoms. The third-order valence-corrected chi connectivity index (χ3v) is 2.27. The lowest BCUT2D eigenvalue weighted by Crippen LogP contribution is -2.39. The van der Waals surface area contributed by atoms with E-state index in [0.29, 0.717) is 0 Å². The van der Waals surface area contributed by atoms with Crippen LogP contribution in [0.1, 0.15) is 24.3 Å². The molecule has 0 unspecified atom stereocenters. The normalized spacial score (nSPS) is 11.0. The molecular weight excluding hydrogens is 224 g/mol. The second-order valence-corrected chi connectivity index (χ2v) is 4.26. The van der Waals surface area contributed by atoms with E-state index in [1.807, 2.05) is 0 Å². The van der Waals surface area contributed by atoms with Gasteiger partial charge in [-0.1, -0.05) is 0 Å². The van der Waals surface area contributed by atoms with Gasteiger partial charge >= 0.3 is 5.97 Å². The minimum absolute atomic E-state index is 0.164. The Morgan fingerprint density at radius 1 is 1.59 bits per heavy atom. The number of methoxy groups -OCH3 is 1. The van der Waals surface area contributed by atoms with E-state index in [-0.39, 0.29) is 29.9 Å². The van der Waals surface area contributed by atoms with Gasteiger partial charge in [0, 0.05) is 12.6 Å². The summed E-state index contributed by atoms with van der Waals surface area (Å²) in [7, 11) is 1.31. The number of amides is 1. The Labute approximate surface area is 98.7 Å². The monoisotopic (exact) mass is 240 g/mol. The lowest BCUT2D eigenvalue weighted by molar-refractivity contribution is -0.150. The summed E-state index contributed by atoms with van der Waals surface area (Å²) in [5.41, 5.74) is 4.84. The minimum Gasteiger partial charge on any atom is -0.469 e. The highest BCUT2D eigenvalue weighted by atomic mass is 16.5. The third-order valence-electron chi connectivity index (χ3n) is 2.27. The van der Waals surface area contributed by atoms with Crippen LogP contribution >= 0.6 is 0 Å². The summed E-state index contributed by atoms with van der Waals surface area (Å²) in [6, 6.07) is 1.42. The first kappa shape index (κ1) is 13.0. The number of aromatic amines is 1. The molecule has 1 amide bonds. The zero-order valence-electron chi connectivity index (χ0n) is 10.0. The molecule has 0 aliphatic rings. The van der Waals surface area contributed by atoms with Gasteiger partial charge in [0.25, 0.3) is 5.91 Å². The molecule has 1 rings (SSSR count). The molecule has 1 heterocycles. The molecule has 1 aromatic rings. The second kappa shape index (κ2) is 4.86. The highest BCUT2D eigenvalue weighted by Gasteiger charge is 2.29. The standard InChI is InChI=1S/C10H16N4O3/c1-10(2,9(16)17-3)5-12-8(15)6-4-7(11)14-13-6/h4H,5H2,1-3H3,(H,12,15)(H3,11,13,14). The van der Waals surface area contributed by atoms with Gasteiger partial charge in [0.05, 0.1) is 12.5 Å². The molecule has 0 spiro atoms. The van der Waals surface area contributed by atoms with E-state index in [1.165, 1.54) is 13.2 Å². The van der Waals surface area contributed by atoms with Crippen LogP contribution in [0.3, 0.4) is 0 Å². The lowest BCUT2D eigenvalue weighted by Gasteiger charge is -2.21. The number of nitrogens with one attached hydrogen (secondary N) is 2. The van der Waals surface area contributed by atoms with Gasteiger partial charge < -0.3 is 15.8 Å². The molecule has 0 fully saturated rings. The Balaban J connectivity index is 2.57. The smallest absolute Gasteiger partial charge is 0.313 e. The van der Waals surface area contributed by atoms with Crippen LogP contribution in [0.5, 0.6) is 0 Å². The maximum atomic E-state index is 11.6. The Hall–Kier alpha value is -2.05. The quantitative estimate of drug-likeness (QED) is 0.637. The molecule has 0 saturated carbocycles. The second-order valence-electron chi connectivity index (χ2n) is 4.26. The number of H-pyrrole nitrogens is 1. The van der Waals surface area contributed by atoms with Crippen LogP contribution in [0.25, 0.3) is 0 Å². The number of carbonyl (C=O) groups excluding carboxylic acids is 2. The number of rotatable bonds is 4. The van der Waals surface area contributed by atoms with Crippen molar-refractivity contribution >= 4 is 17.7 Å². The third kappa shape index (κ3) is 3.20. The highest BCUT2D eigenvalue weighted by molar-refractivity contribution is 5.93. The number of nitrogens with two attached hydrogens (primary N) is 1. The first-order valence-corrected chi connectivity index (χ1v) is 5.04. The van der Waals surface area contributed by atoms with Crippen LogP contribution in [0, 0.1) is 5.41 Å². The number of esters is 1. The van der Waals surface area contributed by atoms with E-state index in [0.717, 1.165) is 0 Å². The summed E-state index contributed by atoms with van der Waals surface area (Å²) < 4.78 is 4.63. The molecule has 94 valence electrons. The molecule has 0 radical (unpaired) electrons. The van der Waals surface area contributed by atoms with Crippen molar-refractivity contribution < 1.29 is 14.3 Å². The molecule has 7 nitrogen and oxygen atoms in total. The van der Waals surface area contributed by atoms with E-state index in [9.17, 15) is 9.59 Å².